The van der Waals surface area contributed by atoms with Crippen molar-refractivity contribution in [1.29, 1.82) is 0 Å². The highest BCUT2D eigenvalue weighted by Crippen LogP contribution is 2.22. The number of benzene rings is 1. The fraction of sp³-hybridized carbons (Fsp3) is 0. The molecule has 1 heterocycles. The minimum Gasteiger partial charge on any atom is -0.323 e. The molecule has 4 N–H and O–H groups in total. The summed E-state index contributed by atoms with van der Waals surface area (Å²) in [6, 6.07) is 7.98. The van der Waals surface area contributed by atoms with E-state index in [1.807, 2.05) is 0 Å². The van der Waals surface area contributed by atoms with Crippen LogP contribution in [-0.2, 0) is 0 Å². The fourth-order valence-electron chi connectivity index (χ4n) is 1.43. The maximum Gasteiger partial charge on any atom is 0.274 e. The van der Waals surface area contributed by atoms with Gasteiger partial charge in [-0.2, -0.15) is 0 Å². The second-order valence-corrected chi connectivity index (χ2v) is 4.56. The summed E-state index contributed by atoms with van der Waals surface area (Å²) < 4.78 is 0. The number of carbonyl (C=O) groups is 1. The molecule has 0 radical (unpaired) electrons. The molecule has 2 rings (SSSR count). The Balaban J connectivity index is 2.15. The first-order chi connectivity index (χ1) is 9.08. The average molecular weight is 297 g/mol. The van der Waals surface area contributed by atoms with Crippen molar-refractivity contribution in [3.8, 4) is 0 Å². The van der Waals surface area contributed by atoms with Gasteiger partial charge in [0.05, 0.1) is 11.9 Å². The van der Waals surface area contributed by atoms with Crippen LogP contribution in [0.4, 0.5) is 11.4 Å². The third-order valence-corrected chi connectivity index (χ3v) is 2.72. The number of nitrogen functional groups attached to an aromatic ring is 1. The second kappa shape index (κ2) is 5.88. The van der Waals surface area contributed by atoms with Gasteiger partial charge < -0.3 is 10.7 Å². The summed E-state index contributed by atoms with van der Waals surface area (Å²) in [5.41, 5.74) is 3.81. The second-order valence-electron chi connectivity index (χ2n) is 3.69. The summed E-state index contributed by atoms with van der Waals surface area (Å²) in [6.07, 6.45) is 1.46. The highest BCUT2D eigenvalue weighted by molar-refractivity contribution is 6.35. The lowest BCUT2D eigenvalue weighted by Crippen LogP contribution is -2.14. The van der Waals surface area contributed by atoms with Crippen molar-refractivity contribution >= 4 is 40.5 Å². The third kappa shape index (κ3) is 3.57. The van der Waals surface area contributed by atoms with Crippen LogP contribution in [0.5, 0.6) is 0 Å². The number of anilines is 2. The Morgan fingerprint density at radius 1 is 1.11 bits per heavy atom. The molecule has 2 aromatic rings. The van der Waals surface area contributed by atoms with Crippen LogP contribution in [0.15, 0.2) is 36.5 Å². The largest absolute Gasteiger partial charge is 0.323 e. The average Bonchev–Trinajstić information content (AvgIpc) is 2.37. The maximum atomic E-state index is 11.9. The highest BCUT2D eigenvalue weighted by Gasteiger charge is 2.08. The van der Waals surface area contributed by atoms with Crippen LogP contribution in [0.2, 0.25) is 10.0 Å². The zero-order chi connectivity index (χ0) is 13.8. The Labute approximate surface area is 119 Å². The monoisotopic (exact) mass is 296 g/mol. The lowest BCUT2D eigenvalue weighted by atomic mass is 10.3. The molecular weight excluding hydrogens is 287 g/mol. The number of amides is 1. The van der Waals surface area contributed by atoms with Gasteiger partial charge in [-0.1, -0.05) is 23.2 Å². The van der Waals surface area contributed by atoms with Gasteiger partial charge in [0.25, 0.3) is 5.91 Å². The number of nitrogens with zero attached hydrogens (tertiary/aromatic N) is 1. The quantitative estimate of drug-likeness (QED) is 0.601. The van der Waals surface area contributed by atoms with Crippen LogP contribution >= 0.6 is 23.2 Å². The lowest BCUT2D eigenvalue weighted by Gasteiger charge is -2.06. The molecule has 7 heteroatoms. The Morgan fingerprint density at radius 3 is 2.32 bits per heavy atom. The molecule has 0 fully saturated rings. The Morgan fingerprint density at radius 2 is 1.79 bits per heavy atom. The van der Waals surface area contributed by atoms with Crippen molar-refractivity contribution < 1.29 is 4.79 Å². The van der Waals surface area contributed by atoms with E-state index < -0.39 is 0 Å². The summed E-state index contributed by atoms with van der Waals surface area (Å²) in [4.78, 5) is 15.9. The van der Waals surface area contributed by atoms with E-state index in [-0.39, 0.29) is 11.6 Å². The topological polar surface area (TPSA) is 80.0 Å². The van der Waals surface area contributed by atoms with E-state index in [1.165, 1.54) is 6.20 Å². The van der Waals surface area contributed by atoms with Gasteiger partial charge in [-0.15, -0.1) is 0 Å². The number of carbonyl (C=O) groups excluding carboxylic acids is 1. The van der Waals surface area contributed by atoms with E-state index in [9.17, 15) is 4.79 Å². The van der Waals surface area contributed by atoms with Crippen LogP contribution in [0, 0.1) is 0 Å². The molecule has 0 aliphatic heterocycles. The summed E-state index contributed by atoms with van der Waals surface area (Å²) in [5.74, 6) is 4.85. The van der Waals surface area contributed by atoms with Gasteiger partial charge in [-0.3, -0.25) is 10.6 Å². The van der Waals surface area contributed by atoms with Gasteiger partial charge in [-0.05, 0) is 30.3 Å². The zero-order valence-electron chi connectivity index (χ0n) is 9.65. The van der Waals surface area contributed by atoms with Crippen LogP contribution < -0.4 is 16.6 Å². The summed E-state index contributed by atoms with van der Waals surface area (Å²) in [5, 5.41) is 3.54. The molecule has 1 aromatic heterocycles. The number of halogens is 2. The van der Waals surface area contributed by atoms with Crippen LogP contribution in [-0.4, -0.2) is 10.9 Å². The van der Waals surface area contributed by atoms with E-state index in [2.05, 4.69) is 15.7 Å². The van der Waals surface area contributed by atoms with Crippen LogP contribution in [0.3, 0.4) is 0 Å². The van der Waals surface area contributed by atoms with E-state index in [0.717, 1.165) is 0 Å². The number of nitrogens with one attached hydrogen (secondary N) is 2. The molecular formula is C12H10Cl2N4O. The van der Waals surface area contributed by atoms with Crippen molar-refractivity contribution in [2.24, 2.45) is 5.84 Å². The minimum absolute atomic E-state index is 0.259. The van der Waals surface area contributed by atoms with Crippen LogP contribution in [0.25, 0.3) is 0 Å². The van der Waals surface area contributed by atoms with E-state index >= 15 is 0 Å². The third-order valence-electron chi connectivity index (χ3n) is 2.28. The molecule has 1 amide bonds. The van der Waals surface area contributed by atoms with Crippen molar-refractivity contribution in [3.05, 3.63) is 52.3 Å². The van der Waals surface area contributed by atoms with E-state index in [1.54, 1.807) is 30.3 Å². The fourth-order valence-corrected chi connectivity index (χ4v) is 1.96. The molecule has 0 saturated carbocycles. The molecule has 0 unspecified atom stereocenters. The smallest absolute Gasteiger partial charge is 0.274 e. The normalized spacial score (nSPS) is 10.1. The first-order valence-corrected chi connectivity index (χ1v) is 6.04. The Bertz CT molecular complexity index is 581. The number of pyridine rings is 1. The number of aromatic nitrogens is 1. The minimum atomic E-state index is -0.359. The predicted molar refractivity (Wildman–Crippen MR) is 76.5 cm³/mol. The Hall–Kier alpha value is -1.82. The van der Waals surface area contributed by atoms with Gasteiger partial charge in [0.15, 0.2) is 0 Å². The first-order valence-electron chi connectivity index (χ1n) is 5.28. The molecule has 0 spiro atoms. The molecule has 0 aliphatic carbocycles. The molecule has 5 nitrogen and oxygen atoms in total. The highest BCUT2D eigenvalue weighted by atomic mass is 35.5. The van der Waals surface area contributed by atoms with Gasteiger partial charge in [-0.25, -0.2) is 4.98 Å². The first kappa shape index (κ1) is 13.6. The standard InChI is InChI=1S/C12H10Cl2N4O/c13-7-3-8(14)5-10(4-7)17-12(19)11-2-1-9(18-15)6-16-11/h1-6,18H,15H2,(H,17,19). The van der Waals surface area contributed by atoms with Gasteiger partial charge in [0.1, 0.15) is 5.69 Å². The SMILES string of the molecule is NNc1ccc(C(=O)Nc2cc(Cl)cc(Cl)c2)nc1. The molecule has 0 atom stereocenters. The Kier molecular flexibility index (Phi) is 4.21. The summed E-state index contributed by atoms with van der Waals surface area (Å²) in [7, 11) is 0. The molecule has 19 heavy (non-hydrogen) atoms. The number of hydrogen-bond donors (Lipinski definition) is 3. The number of hydrazine groups is 1. The molecule has 0 bridgehead atoms. The summed E-state index contributed by atoms with van der Waals surface area (Å²) in [6.45, 7) is 0. The predicted octanol–water partition coefficient (Wildman–Crippen LogP) is 2.93. The number of nitrogens with two attached hydrogens (primary N) is 1. The molecule has 98 valence electrons. The molecule has 0 saturated heterocycles. The zero-order valence-corrected chi connectivity index (χ0v) is 11.2. The van der Waals surface area contributed by atoms with Crippen molar-refractivity contribution in [2.75, 3.05) is 10.7 Å². The van der Waals surface area contributed by atoms with Crippen molar-refractivity contribution in [1.82, 2.24) is 4.98 Å². The van der Waals surface area contributed by atoms with E-state index in [0.29, 0.717) is 21.4 Å². The number of rotatable bonds is 3. The maximum absolute atomic E-state index is 11.9. The van der Waals surface area contributed by atoms with Gasteiger partial charge in [0, 0.05) is 15.7 Å². The van der Waals surface area contributed by atoms with Crippen molar-refractivity contribution in [2.45, 2.75) is 0 Å². The van der Waals surface area contributed by atoms with Gasteiger partial charge in [0.2, 0.25) is 0 Å². The number of hydrogen-bond acceptors (Lipinski definition) is 4. The molecule has 1 aromatic carbocycles. The van der Waals surface area contributed by atoms with Crippen molar-refractivity contribution in [3.63, 3.8) is 0 Å². The molecule has 0 aliphatic rings. The van der Waals surface area contributed by atoms with E-state index in [4.69, 9.17) is 29.0 Å². The van der Waals surface area contributed by atoms with Crippen LogP contribution in [0.1, 0.15) is 10.5 Å². The van der Waals surface area contributed by atoms with Gasteiger partial charge >= 0.3 is 0 Å². The summed E-state index contributed by atoms with van der Waals surface area (Å²) >= 11 is 11.7. The lowest BCUT2D eigenvalue weighted by molar-refractivity contribution is 0.102.